The number of thiophene rings is 1. The van der Waals surface area contributed by atoms with Crippen LogP contribution in [-0.2, 0) is 6.54 Å². The minimum absolute atomic E-state index is 0.0154. The van der Waals surface area contributed by atoms with Crippen molar-refractivity contribution < 1.29 is 4.79 Å². The lowest BCUT2D eigenvalue weighted by molar-refractivity contribution is 0.0827. The molecule has 1 saturated heterocycles. The molecule has 162 valence electrons. The van der Waals surface area contributed by atoms with Gasteiger partial charge in [0.1, 0.15) is 0 Å². The zero-order chi connectivity index (χ0) is 21.3. The summed E-state index contributed by atoms with van der Waals surface area (Å²) in [6.45, 7) is 6.62. The van der Waals surface area contributed by atoms with Gasteiger partial charge in [-0.25, -0.2) is 4.99 Å². The molecule has 1 fully saturated rings. The summed E-state index contributed by atoms with van der Waals surface area (Å²) in [5.41, 5.74) is 1.78. The SMILES string of the molecule is CCNC(=NCc1ccc(C(=O)N(C)C)cc1)NCC(c1cccs1)N1CCCC1. The predicted octanol–water partition coefficient (Wildman–Crippen LogP) is 3.34. The molecule has 0 aliphatic carbocycles. The van der Waals surface area contributed by atoms with Crippen molar-refractivity contribution in [2.45, 2.75) is 32.4 Å². The van der Waals surface area contributed by atoms with Crippen LogP contribution in [0.1, 0.15) is 46.6 Å². The summed E-state index contributed by atoms with van der Waals surface area (Å²) in [5.74, 6) is 0.841. The number of amides is 1. The molecule has 1 aromatic heterocycles. The second kappa shape index (κ2) is 11.1. The molecule has 2 N–H and O–H groups in total. The van der Waals surface area contributed by atoms with Crippen LogP contribution in [0.5, 0.6) is 0 Å². The van der Waals surface area contributed by atoms with Crippen LogP contribution in [0, 0.1) is 0 Å². The fourth-order valence-corrected chi connectivity index (χ4v) is 4.52. The van der Waals surface area contributed by atoms with Crippen molar-refractivity contribution in [2.24, 2.45) is 4.99 Å². The second-order valence-corrected chi connectivity index (χ2v) is 8.73. The molecule has 3 rings (SSSR count). The molecule has 7 heteroatoms. The van der Waals surface area contributed by atoms with Crippen LogP contribution in [-0.4, -0.2) is 61.9 Å². The first-order chi connectivity index (χ1) is 14.6. The molecule has 2 aromatic rings. The van der Waals surface area contributed by atoms with Crippen LogP contribution in [0.3, 0.4) is 0 Å². The van der Waals surface area contributed by atoms with E-state index < -0.39 is 0 Å². The number of guanidine groups is 1. The topological polar surface area (TPSA) is 60.0 Å². The Morgan fingerprint density at radius 3 is 2.50 bits per heavy atom. The van der Waals surface area contributed by atoms with Gasteiger partial charge in [-0.1, -0.05) is 18.2 Å². The quantitative estimate of drug-likeness (QED) is 0.501. The van der Waals surface area contributed by atoms with Crippen molar-refractivity contribution >= 4 is 23.2 Å². The van der Waals surface area contributed by atoms with Crippen LogP contribution in [0.15, 0.2) is 46.8 Å². The molecule has 0 spiro atoms. The lowest BCUT2D eigenvalue weighted by Gasteiger charge is -2.27. The maximum absolute atomic E-state index is 12.0. The number of carbonyl (C=O) groups excluding carboxylic acids is 1. The van der Waals surface area contributed by atoms with E-state index in [1.165, 1.54) is 17.7 Å². The number of hydrogen-bond donors (Lipinski definition) is 2. The molecular weight excluding hydrogens is 394 g/mol. The van der Waals surface area contributed by atoms with E-state index in [4.69, 9.17) is 4.99 Å². The van der Waals surface area contributed by atoms with Gasteiger partial charge in [0.15, 0.2) is 5.96 Å². The third kappa shape index (κ3) is 6.06. The lowest BCUT2D eigenvalue weighted by Crippen LogP contribution is -2.42. The number of benzene rings is 1. The first-order valence-electron chi connectivity index (χ1n) is 10.7. The van der Waals surface area contributed by atoms with E-state index in [1.807, 2.05) is 35.6 Å². The Kier molecular flexibility index (Phi) is 8.28. The molecule has 0 saturated carbocycles. The molecule has 1 aliphatic heterocycles. The Morgan fingerprint density at radius 2 is 1.90 bits per heavy atom. The number of nitrogens with one attached hydrogen (secondary N) is 2. The zero-order valence-corrected chi connectivity index (χ0v) is 19.0. The Hall–Kier alpha value is -2.38. The minimum atomic E-state index is 0.0154. The highest BCUT2D eigenvalue weighted by Gasteiger charge is 2.24. The van der Waals surface area contributed by atoms with Crippen LogP contribution in [0.2, 0.25) is 0 Å². The van der Waals surface area contributed by atoms with E-state index in [0.717, 1.165) is 37.7 Å². The molecular formula is C23H33N5OS. The monoisotopic (exact) mass is 427 g/mol. The molecule has 30 heavy (non-hydrogen) atoms. The van der Waals surface area contributed by atoms with Gasteiger partial charge in [-0.05, 0) is 62.0 Å². The second-order valence-electron chi connectivity index (χ2n) is 7.75. The molecule has 0 radical (unpaired) electrons. The lowest BCUT2D eigenvalue weighted by atomic mass is 10.1. The zero-order valence-electron chi connectivity index (χ0n) is 18.2. The first kappa shape index (κ1) is 22.3. The first-order valence-corrected chi connectivity index (χ1v) is 11.6. The Morgan fingerprint density at radius 1 is 1.17 bits per heavy atom. The van der Waals surface area contributed by atoms with Crippen LogP contribution < -0.4 is 10.6 Å². The van der Waals surface area contributed by atoms with E-state index >= 15 is 0 Å². The average Bonchev–Trinajstić information content (AvgIpc) is 3.47. The van der Waals surface area contributed by atoms with E-state index in [-0.39, 0.29) is 5.91 Å². The van der Waals surface area contributed by atoms with Gasteiger partial charge >= 0.3 is 0 Å². The van der Waals surface area contributed by atoms with Gasteiger partial charge in [-0.3, -0.25) is 9.69 Å². The maximum atomic E-state index is 12.0. The van der Waals surface area contributed by atoms with E-state index in [0.29, 0.717) is 18.2 Å². The Balaban J connectivity index is 1.63. The highest BCUT2D eigenvalue weighted by Crippen LogP contribution is 2.27. The standard InChI is InChI=1S/C23H33N5OS/c1-4-24-23(25-16-18-9-11-19(12-10-18)22(29)27(2)3)26-17-20(21-8-7-15-30-21)28-13-5-6-14-28/h7-12,15,20H,4-6,13-14,16-17H2,1-3H3,(H2,24,25,26). The van der Waals surface area contributed by atoms with Gasteiger partial charge in [0.25, 0.3) is 5.91 Å². The molecule has 1 amide bonds. The summed E-state index contributed by atoms with van der Waals surface area (Å²) in [6.07, 6.45) is 2.56. The number of carbonyl (C=O) groups is 1. The van der Waals surface area contributed by atoms with Crippen LogP contribution in [0.4, 0.5) is 0 Å². The summed E-state index contributed by atoms with van der Waals surface area (Å²) in [7, 11) is 3.53. The number of hydrogen-bond acceptors (Lipinski definition) is 4. The number of likely N-dealkylation sites (tertiary alicyclic amines) is 1. The largest absolute Gasteiger partial charge is 0.357 e. The number of nitrogens with zero attached hydrogens (tertiary/aromatic N) is 3. The van der Waals surface area contributed by atoms with Crippen molar-refractivity contribution in [3.8, 4) is 0 Å². The molecule has 1 atom stereocenters. The highest BCUT2D eigenvalue weighted by atomic mass is 32.1. The van der Waals surface area contributed by atoms with E-state index in [2.05, 4.69) is 40.0 Å². The number of aliphatic imine (C=N–C) groups is 1. The molecule has 1 unspecified atom stereocenters. The van der Waals surface area contributed by atoms with Crippen molar-refractivity contribution in [3.05, 3.63) is 57.8 Å². The molecule has 1 aliphatic rings. The van der Waals surface area contributed by atoms with Gasteiger partial charge < -0.3 is 15.5 Å². The van der Waals surface area contributed by atoms with Crippen molar-refractivity contribution in [1.82, 2.24) is 20.4 Å². The third-order valence-corrected chi connectivity index (χ3v) is 6.26. The van der Waals surface area contributed by atoms with E-state index in [1.54, 1.807) is 19.0 Å². The average molecular weight is 428 g/mol. The van der Waals surface area contributed by atoms with Gasteiger partial charge in [0.2, 0.25) is 0 Å². The van der Waals surface area contributed by atoms with Crippen LogP contribution >= 0.6 is 11.3 Å². The molecule has 2 heterocycles. The Labute approximate surface area is 184 Å². The van der Waals surface area contributed by atoms with Crippen molar-refractivity contribution in [1.29, 1.82) is 0 Å². The molecule has 6 nitrogen and oxygen atoms in total. The summed E-state index contributed by atoms with van der Waals surface area (Å²) >= 11 is 1.83. The van der Waals surface area contributed by atoms with Gasteiger partial charge in [-0.15, -0.1) is 11.3 Å². The third-order valence-electron chi connectivity index (χ3n) is 5.29. The van der Waals surface area contributed by atoms with Crippen LogP contribution in [0.25, 0.3) is 0 Å². The van der Waals surface area contributed by atoms with Gasteiger partial charge in [0, 0.05) is 37.6 Å². The Bertz CT molecular complexity index is 811. The summed E-state index contributed by atoms with van der Waals surface area (Å²) < 4.78 is 0. The van der Waals surface area contributed by atoms with Gasteiger partial charge in [-0.2, -0.15) is 0 Å². The normalized spacial score (nSPS) is 15.8. The van der Waals surface area contributed by atoms with E-state index in [9.17, 15) is 4.79 Å². The number of rotatable bonds is 8. The highest BCUT2D eigenvalue weighted by molar-refractivity contribution is 7.10. The predicted molar refractivity (Wildman–Crippen MR) is 125 cm³/mol. The molecule has 0 bridgehead atoms. The van der Waals surface area contributed by atoms with Crippen molar-refractivity contribution in [2.75, 3.05) is 40.3 Å². The summed E-state index contributed by atoms with van der Waals surface area (Å²) in [6, 6.07) is 12.4. The minimum Gasteiger partial charge on any atom is -0.357 e. The van der Waals surface area contributed by atoms with Gasteiger partial charge in [0.05, 0.1) is 12.6 Å². The fraction of sp³-hybridized carbons (Fsp3) is 0.478. The maximum Gasteiger partial charge on any atom is 0.253 e. The smallest absolute Gasteiger partial charge is 0.253 e. The summed E-state index contributed by atoms with van der Waals surface area (Å²) in [5, 5.41) is 9.05. The summed E-state index contributed by atoms with van der Waals surface area (Å²) in [4.78, 5) is 22.4. The molecule has 1 aromatic carbocycles. The fourth-order valence-electron chi connectivity index (χ4n) is 3.66. The van der Waals surface area contributed by atoms with Crippen molar-refractivity contribution in [3.63, 3.8) is 0 Å².